The zero-order valence-corrected chi connectivity index (χ0v) is 10.1. The van der Waals surface area contributed by atoms with Crippen LogP contribution in [0.4, 0.5) is 0 Å². The Bertz CT molecular complexity index is 506. The molecule has 1 unspecified atom stereocenters. The number of aliphatic hydroxyl groups excluding tert-OH is 1. The Morgan fingerprint density at radius 2 is 2.44 bits per heavy atom. The summed E-state index contributed by atoms with van der Waals surface area (Å²) in [4.78, 5) is 5.50. The van der Waals surface area contributed by atoms with Gasteiger partial charge in [0.05, 0.1) is 23.2 Å². The molecule has 0 aromatic carbocycles. The standard InChI is InChI=1S/C11H11ClN2OS/c12-10-8-4-3-7(15)6-14(8)11(13-10)9-2-1-5-16-9/h1-2,5,7,15H,3-4,6H2. The summed E-state index contributed by atoms with van der Waals surface area (Å²) in [6.07, 6.45) is 1.30. The lowest BCUT2D eigenvalue weighted by atomic mass is 10.1. The van der Waals surface area contributed by atoms with Gasteiger partial charge in [0.15, 0.2) is 11.0 Å². The number of aromatic nitrogens is 2. The zero-order valence-electron chi connectivity index (χ0n) is 8.56. The summed E-state index contributed by atoms with van der Waals surface area (Å²) in [6.45, 7) is 0.599. The molecule has 3 rings (SSSR count). The Morgan fingerprint density at radius 1 is 1.56 bits per heavy atom. The van der Waals surface area contributed by atoms with Crippen molar-refractivity contribution in [1.29, 1.82) is 0 Å². The van der Waals surface area contributed by atoms with Crippen molar-refractivity contribution in [2.75, 3.05) is 0 Å². The van der Waals surface area contributed by atoms with Crippen LogP contribution in [0.15, 0.2) is 17.5 Å². The third kappa shape index (κ3) is 1.57. The monoisotopic (exact) mass is 254 g/mol. The Hall–Kier alpha value is -0.840. The van der Waals surface area contributed by atoms with E-state index in [1.165, 1.54) is 0 Å². The first kappa shape index (κ1) is 10.3. The molecule has 1 aliphatic rings. The van der Waals surface area contributed by atoms with Crippen LogP contribution in [-0.2, 0) is 13.0 Å². The second-order valence-corrected chi connectivity index (χ2v) is 5.26. The molecular weight excluding hydrogens is 244 g/mol. The molecule has 3 nitrogen and oxygen atoms in total. The average Bonchev–Trinajstić information content (AvgIpc) is 2.86. The highest BCUT2D eigenvalue weighted by molar-refractivity contribution is 7.13. The number of thiophene rings is 1. The topological polar surface area (TPSA) is 38.1 Å². The van der Waals surface area contributed by atoms with Gasteiger partial charge in [-0.15, -0.1) is 11.3 Å². The van der Waals surface area contributed by atoms with Gasteiger partial charge in [0.25, 0.3) is 0 Å². The molecule has 0 bridgehead atoms. The highest BCUT2D eigenvalue weighted by Crippen LogP contribution is 2.32. The molecule has 1 aliphatic heterocycles. The van der Waals surface area contributed by atoms with Crippen LogP contribution in [0.2, 0.25) is 5.15 Å². The van der Waals surface area contributed by atoms with Crippen LogP contribution in [0.25, 0.3) is 10.7 Å². The SMILES string of the molecule is OC1CCc2c(Cl)nc(-c3cccs3)n2C1. The molecule has 1 atom stereocenters. The molecular formula is C11H11ClN2OS. The summed E-state index contributed by atoms with van der Waals surface area (Å²) >= 11 is 7.76. The Morgan fingerprint density at radius 3 is 3.19 bits per heavy atom. The fourth-order valence-corrected chi connectivity index (χ4v) is 3.09. The Balaban J connectivity index is 2.13. The molecule has 0 aliphatic carbocycles. The van der Waals surface area contributed by atoms with E-state index in [9.17, 15) is 5.11 Å². The predicted octanol–water partition coefficient (Wildman–Crippen LogP) is 2.57. The second-order valence-electron chi connectivity index (χ2n) is 3.95. The fraction of sp³-hybridized carbons (Fsp3) is 0.364. The van der Waals surface area contributed by atoms with E-state index in [1.807, 2.05) is 22.1 Å². The van der Waals surface area contributed by atoms with Crippen LogP contribution in [0, 0.1) is 0 Å². The van der Waals surface area contributed by atoms with Crippen LogP contribution in [0.3, 0.4) is 0 Å². The summed E-state index contributed by atoms with van der Waals surface area (Å²) in [7, 11) is 0. The van der Waals surface area contributed by atoms with E-state index >= 15 is 0 Å². The van der Waals surface area contributed by atoms with Crippen LogP contribution in [-0.4, -0.2) is 20.8 Å². The fourth-order valence-electron chi connectivity index (χ4n) is 2.09. The van der Waals surface area contributed by atoms with Crippen molar-refractivity contribution in [2.24, 2.45) is 0 Å². The third-order valence-corrected chi connectivity index (χ3v) is 4.04. The third-order valence-electron chi connectivity index (χ3n) is 2.87. The predicted molar refractivity (Wildman–Crippen MR) is 64.9 cm³/mol. The highest BCUT2D eigenvalue weighted by atomic mass is 35.5. The van der Waals surface area contributed by atoms with E-state index in [0.717, 1.165) is 29.2 Å². The van der Waals surface area contributed by atoms with E-state index < -0.39 is 0 Å². The first-order valence-electron chi connectivity index (χ1n) is 5.22. The van der Waals surface area contributed by atoms with Gasteiger partial charge in [-0.05, 0) is 24.3 Å². The van der Waals surface area contributed by atoms with Crippen molar-refractivity contribution in [1.82, 2.24) is 9.55 Å². The van der Waals surface area contributed by atoms with Crippen molar-refractivity contribution < 1.29 is 5.11 Å². The first-order chi connectivity index (χ1) is 7.75. The first-order valence-corrected chi connectivity index (χ1v) is 6.48. The average molecular weight is 255 g/mol. The van der Waals surface area contributed by atoms with Crippen molar-refractivity contribution in [2.45, 2.75) is 25.5 Å². The molecule has 16 heavy (non-hydrogen) atoms. The maximum Gasteiger partial charge on any atom is 0.152 e. The molecule has 1 N–H and O–H groups in total. The van der Waals surface area contributed by atoms with E-state index in [1.54, 1.807) is 11.3 Å². The number of hydrogen-bond acceptors (Lipinski definition) is 3. The van der Waals surface area contributed by atoms with Crippen LogP contribution in [0.1, 0.15) is 12.1 Å². The Labute approximate surface area is 102 Å². The smallest absolute Gasteiger partial charge is 0.152 e. The van der Waals surface area contributed by atoms with Crippen molar-refractivity contribution in [3.8, 4) is 10.7 Å². The normalized spacial score (nSPS) is 19.8. The summed E-state index contributed by atoms with van der Waals surface area (Å²) < 4.78 is 2.04. The maximum absolute atomic E-state index is 9.70. The van der Waals surface area contributed by atoms with E-state index in [0.29, 0.717) is 11.7 Å². The molecule has 0 spiro atoms. The lowest BCUT2D eigenvalue weighted by Gasteiger charge is -2.21. The summed E-state index contributed by atoms with van der Waals surface area (Å²) in [5.41, 5.74) is 1.05. The van der Waals surface area contributed by atoms with Crippen molar-refractivity contribution in [3.05, 3.63) is 28.4 Å². The van der Waals surface area contributed by atoms with Crippen LogP contribution < -0.4 is 0 Å². The van der Waals surface area contributed by atoms with Crippen LogP contribution in [0.5, 0.6) is 0 Å². The number of rotatable bonds is 1. The number of imidazole rings is 1. The van der Waals surface area contributed by atoms with Crippen LogP contribution >= 0.6 is 22.9 Å². The molecule has 5 heteroatoms. The molecule has 0 radical (unpaired) electrons. The maximum atomic E-state index is 9.70. The number of aliphatic hydroxyl groups is 1. The van der Waals surface area contributed by atoms with E-state index in [4.69, 9.17) is 11.6 Å². The van der Waals surface area contributed by atoms with E-state index in [-0.39, 0.29) is 6.10 Å². The Kier molecular flexibility index (Phi) is 2.50. The molecule has 0 saturated carbocycles. The molecule has 2 aromatic rings. The van der Waals surface area contributed by atoms with Gasteiger partial charge in [-0.1, -0.05) is 17.7 Å². The largest absolute Gasteiger partial charge is 0.391 e. The summed E-state index contributed by atoms with van der Waals surface area (Å²) in [5, 5.41) is 12.3. The summed E-state index contributed by atoms with van der Waals surface area (Å²) in [6, 6.07) is 4.02. The summed E-state index contributed by atoms with van der Waals surface area (Å²) in [5.74, 6) is 0.883. The van der Waals surface area contributed by atoms with Gasteiger partial charge in [-0.3, -0.25) is 0 Å². The molecule has 0 saturated heterocycles. The molecule has 0 fully saturated rings. The molecule has 3 heterocycles. The van der Waals surface area contributed by atoms with Gasteiger partial charge in [-0.25, -0.2) is 4.98 Å². The van der Waals surface area contributed by atoms with Gasteiger partial charge in [-0.2, -0.15) is 0 Å². The highest BCUT2D eigenvalue weighted by Gasteiger charge is 2.24. The lowest BCUT2D eigenvalue weighted by molar-refractivity contribution is 0.132. The minimum atomic E-state index is -0.281. The molecule has 0 amide bonds. The molecule has 2 aromatic heterocycles. The number of nitrogens with zero attached hydrogens (tertiary/aromatic N) is 2. The minimum Gasteiger partial charge on any atom is -0.391 e. The lowest BCUT2D eigenvalue weighted by Crippen LogP contribution is -2.24. The van der Waals surface area contributed by atoms with E-state index in [2.05, 4.69) is 4.98 Å². The van der Waals surface area contributed by atoms with Gasteiger partial charge >= 0.3 is 0 Å². The van der Waals surface area contributed by atoms with Crippen molar-refractivity contribution >= 4 is 22.9 Å². The van der Waals surface area contributed by atoms with Gasteiger partial charge in [0.1, 0.15) is 0 Å². The number of fused-ring (bicyclic) bond motifs is 1. The van der Waals surface area contributed by atoms with Crippen molar-refractivity contribution in [3.63, 3.8) is 0 Å². The van der Waals surface area contributed by atoms with Gasteiger partial charge in [0, 0.05) is 0 Å². The molecule has 84 valence electrons. The number of halogens is 1. The van der Waals surface area contributed by atoms with Gasteiger partial charge in [0.2, 0.25) is 0 Å². The minimum absolute atomic E-state index is 0.281. The van der Waals surface area contributed by atoms with Gasteiger partial charge < -0.3 is 9.67 Å². The quantitative estimate of drug-likeness (QED) is 0.850. The zero-order chi connectivity index (χ0) is 11.1. The number of hydrogen-bond donors (Lipinski definition) is 1. The second kappa shape index (κ2) is 3.87.